The normalized spacial score (nSPS) is 12.4. The van der Waals surface area contributed by atoms with Gasteiger partial charge in [0.05, 0.1) is 18.8 Å². The highest BCUT2D eigenvalue weighted by Crippen LogP contribution is 2.27. The fraction of sp³-hybridized carbons (Fsp3) is 0.400. The predicted molar refractivity (Wildman–Crippen MR) is 79.4 cm³/mol. The van der Waals surface area contributed by atoms with Crippen LogP contribution in [0.25, 0.3) is 0 Å². The third-order valence-corrected chi connectivity index (χ3v) is 3.73. The van der Waals surface area contributed by atoms with Crippen molar-refractivity contribution >= 4 is 0 Å². The Labute approximate surface area is 119 Å². The van der Waals surface area contributed by atoms with E-state index < -0.39 is 0 Å². The summed E-state index contributed by atoms with van der Waals surface area (Å²) in [4.78, 5) is 0. The number of aromatic nitrogens is 2. The molecule has 5 nitrogen and oxygen atoms in total. The summed E-state index contributed by atoms with van der Waals surface area (Å²) < 4.78 is 7.29. The van der Waals surface area contributed by atoms with Crippen molar-refractivity contribution in [1.29, 1.82) is 0 Å². The van der Waals surface area contributed by atoms with Crippen molar-refractivity contribution in [2.75, 3.05) is 7.11 Å². The lowest BCUT2D eigenvalue weighted by atomic mass is 9.97. The lowest BCUT2D eigenvalue weighted by Gasteiger charge is -2.18. The van der Waals surface area contributed by atoms with Crippen LogP contribution in [0.4, 0.5) is 0 Å². The highest BCUT2D eigenvalue weighted by molar-refractivity contribution is 5.36. The molecule has 1 aromatic heterocycles. The van der Waals surface area contributed by atoms with Crippen LogP contribution >= 0.6 is 0 Å². The molecule has 0 aliphatic carbocycles. The van der Waals surface area contributed by atoms with Crippen molar-refractivity contribution in [1.82, 2.24) is 15.2 Å². The van der Waals surface area contributed by atoms with Crippen molar-refractivity contribution < 1.29 is 4.74 Å². The molecule has 2 aromatic rings. The number of nitrogens with two attached hydrogens (primary N) is 1. The highest BCUT2D eigenvalue weighted by Gasteiger charge is 2.20. The number of aryl methyl sites for hydroxylation is 2. The standard InChI is InChI=1S/C15H22N4O/c1-10-15(11(2)19(3)18-10)13(17-16)9-12-7-5-6-8-14(12)20-4/h5-8,13,17H,9,16H2,1-4H3. The van der Waals surface area contributed by atoms with Gasteiger partial charge in [0.25, 0.3) is 0 Å². The van der Waals surface area contributed by atoms with Crippen LogP contribution in [0.1, 0.15) is 28.6 Å². The molecule has 1 aromatic carbocycles. The Kier molecular flexibility index (Phi) is 4.42. The third-order valence-electron chi connectivity index (χ3n) is 3.73. The molecule has 20 heavy (non-hydrogen) atoms. The Morgan fingerprint density at radius 2 is 2.05 bits per heavy atom. The van der Waals surface area contributed by atoms with Crippen LogP contribution in [0.2, 0.25) is 0 Å². The van der Waals surface area contributed by atoms with Crippen molar-refractivity contribution in [3.63, 3.8) is 0 Å². The molecule has 0 radical (unpaired) electrons. The average Bonchev–Trinajstić information content (AvgIpc) is 2.70. The highest BCUT2D eigenvalue weighted by atomic mass is 16.5. The largest absolute Gasteiger partial charge is 0.496 e. The predicted octanol–water partition coefficient (Wildman–Crippen LogP) is 1.79. The first-order valence-electron chi connectivity index (χ1n) is 6.66. The molecule has 0 amide bonds. The van der Waals surface area contributed by atoms with E-state index in [0.717, 1.165) is 34.7 Å². The van der Waals surface area contributed by atoms with Crippen LogP contribution in [0, 0.1) is 13.8 Å². The summed E-state index contributed by atoms with van der Waals surface area (Å²) in [6, 6.07) is 8.01. The monoisotopic (exact) mass is 274 g/mol. The van der Waals surface area contributed by atoms with Gasteiger partial charge in [-0.05, 0) is 31.9 Å². The van der Waals surface area contributed by atoms with E-state index in [1.807, 2.05) is 36.9 Å². The van der Waals surface area contributed by atoms with Crippen LogP contribution in [0.3, 0.4) is 0 Å². The Bertz CT molecular complexity index is 592. The molecule has 0 saturated heterocycles. The minimum atomic E-state index is 0.0139. The Morgan fingerprint density at radius 1 is 1.35 bits per heavy atom. The molecule has 0 fully saturated rings. The Hall–Kier alpha value is -1.85. The van der Waals surface area contributed by atoms with Gasteiger partial charge in [0, 0.05) is 18.3 Å². The number of benzene rings is 1. The topological polar surface area (TPSA) is 65.1 Å². The van der Waals surface area contributed by atoms with E-state index >= 15 is 0 Å². The summed E-state index contributed by atoms with van der Waals surface area (Å²) in [6.07, 6.45) is 0.758. The molecule has 0 aliphatic rings. The zero-order valence-corrected chi connectivity index (χ0v) is 12.5. The lowest BCUT2D eigenvalue weighted by Crippen LogP contribution is -2.30. The van der Waals surface area contributed by atoms with Gasteiger partial charge in [-0.2, -0.15) is 5.10 Å². The summed E-state index contributed by atoms with van der Waals surface area (Å²) in [5, 5.41) is 4.45. The number of hydrazine groups is 1. The van der Waals surface area contributed by atoms with Crippen molar-refractivity contribution in [3.05, 3.63) is 46.8 Å². The zero-order valence-electron chi connectivity index (χ0n) is 12.5. The molecule has 0 bridgehead atoms. The molecule has 3 N–H and O–H groups in total. The molecule has 5 heteroatoms. The first-order valence-corrected chi connectivity index (χ1v) is 6.66. The Balaban J connectivity index is 2.34. The van der Waals surface area contributed by atoms with Crippen molar-refractivity contribution in [3.8, 4) is 5.75 Å². The van der Waals surface area contributed by atoms with Crippen LogP contribution in [-0.4, -0.2) is 16.9 Å². The van der Waals surface area contributed by atoms with Gasteiger partial charge in [-0.25, -0.2) is 0 Å². The first-order chi connectivity index (χ1) is 9.58. The Morgan fingerprint density at radius 3 is 2.60 bits per heavy atom. The quantitative estimate of drug-likeness (QED) is 0.644. The molecule has 1 unspecified atom stereocenters. The number of rotatable bonds is 5. The van der Waals surface area contributed by atoms with E-state index in [2.05, 4.69) is 23.5 Å². The maximum atomic E-state index is 5.76. The second-order valence-electron chi connectivity index (χ2n) is 4.94. The zero-order chi connectivity index (χ0) is 14.7. The van der Waals surface area contributed by atoms with E-state index in [-0.39, 0.29) is 6.04 Å². The van der Waals surface area contributed by atoms with Crippen molar-refractivity contribution in [2.24, 2.45) is 12.9 Å². The molecule has 0 aliphatic heterocycles. The molecular weight excluding hydrogens is 252 g/mol. The number of nitrogens with zero attached hydrogens (tertiary/aromatic N) is 2. The average molecular weight is 274 g/mol. The van der Waals surface area contributed by atoms with Crippen LogP contribution in [0.5, 0.6) is 5.75 Å². The van der Waals surface area contributed by atoms with E-state index in [4.69, 9.17) is 10.6 Å². The minimum Gasteiger partial charge on any atom is -0.496 e. The van der Waals surface area contributed by atoms with Gasteiger partial charge in [0.1, 0.15) is 5.75 Å². The van der Waals surface area contributed by atoms with E-state index in [9.17, 15) is 0 Å². The SMILES string of the molecule is COc1ccccc1CC(NN)c1c(C)nn(C)c1C. The van der Waals surface area contributed by atoms with Gasteiger partial charge in [0.15, 0.2) is 0 Å². The van der Waals surface area contributed by atoms with Gasteiger partial charge in [-0.3, -0.25) is 16.0 Å². The van der Waals surface area contributed by atoms with Crippen LogP contribution in [-0.2, 0) is 13.5 Å². The summed E-state index contributed by atoms with van der Waals surface area (Å²) in [5.74, 6) is 6.64. The van der Waals surface area contributed by atoms with Gasteiger partial charge in [0.2, 0.25) is 0 Å². The lowest BCUT2D eigenvalue weighted by molar-refractivity contribution is 0.405. The molecule has 1 atom stereocenters. The van der Waals surface area contributed by atoms with E-state index in [0.29, 0.717) is 0 Å². The number of nitrogens with one attached hydrogen (secondary N) is 1. The maximum absolute atomic E-state index is 5.76. The summed E-state index contributed by atoms with van der Waals surface area (Å²) in [7, 11) is 3.63. The smallest absolute Gasteiger partial charge is 0.122 e. The molecule has 108 valence electrons. The first kappa shape index (κ1) is 14.6. The number of hydrogen-bond acceptors (Lipinski definition) is 4. The summed E-state index contributed by atoms with van der Waals surface area (Å²) in [5.41, 5.74) is 7.31. The molecule has 2 rings (SSSR count). The summed E-state index contributed by atoms with van der Waals surface area (Å²) in [6.45, 7) is 4.07. The second-order valence-corrected chi connectivity index (χ2v) is 4.94. The third kappa shape index (κ3) is 2.69. The second kappa shape index (κ2) is 6.07. The van der Waals surface area contributed by atoms with Gasteiger partial charge in [-0.1, -0.05) is 18.2 Å². The van der Waals surface area contributed by atoms with Crippen LogP contribution in [0.15, 0.2) is 24.3 Å². The number of para-hydroxylation sites is 1. The van der Waals surface area contributed by atoms with Gasteiger partial charge < -0.3 is 4.74 Å². The fourth-order valence-electron chi connectivity index (χ4n) is 2.63. The van der Waals surface area contributed by atoms with Gasteiger partial charge in [-0.15, -0.1) is 0 Å². The van der Waals surface area contributed by atoms with Gasteiger partial charge >= 0.3 is 0 Å². The number of hydrogen-bond donors (Lipinski definition) is 2. The fourth-order valence-corrected chi connectivity index (χ4v) is 2.63. The van der Waals surface area contributed by atoms with Crippen molar-refractivity contribution in [2.45, 2.75) is 26.3 Å². The minimum absolute atomic E-state index is 0.0139. The molecular formula is C15H22N4O. The van der Waals surface area contributed by atoms with E-state index in [1.54, 1.807) is 7.11 Å². The summed E-state index contributed by atoms with van der Waals surface area (Å²) >= 11 is 0. The van der Waals surface area contributed by atoms with Crippen LogP contribution < -0.4 is 16.0 Å². The number of methoxy groups -OCH3 is 1. The number of ether oxygens (including phenoxy) is 1. The molecule has 1 heterocycles. The molecule has 0 saturated carbocycles. The maximum Gasteiger partial charge on any atom is 0.122 e. The molecule has 0 spiro atoms. The van der Waals surface area contributed by atoms with E-state index in [1.165, 1.54) is 0 Å².